The molecule has 0 bridgehead atoms. The zero-order valence-corrected chi connectivity index (χ0v) is 11.5. The van der Waals surface area contributed by atoms with E-state index in [0.29, 0.717) is 16.8 Å². The minimum atomic E-state index is -1.23. The summed E-state index contributed by atoms with van der Waals surface area (Å²) in [5, 5.41) is 7.99. The Morgan fingerprint density at radius 2 is 1.95 bits per heavy atom. The molecule has 3 aromatic rings. The molecular weight excluding hydrogens is 274 g/mol. The van der Waals surface area contributed by atoms with Crippen molar-refractivity contribution in [2.75, 3.05) is 6.26 Å². The molecule has 0 aliphatic rings. The third-order valence-corrected chi connectivity index (χ3v) is 3.49. The molecule has 0 aliphatic carbocycles. The van der Waals surface area contributed by atoms with Gasteiger partial charge in [-0.25, -0.2) is 9.97 Å². The molecule has 0 N–H and O–H groups in total. The average molecular weight is 285 g/mol. The lowest BCUT2D eigenvalue weighted by Gasteiger charge is -2.05. The Balaban J connectivity index is 2.08. The summed E-state index contributed by atoms with van der Waals surface area (Å²) in [5.41, 5.74) is 0.918. The molecule has 0 radical (unpaired) electrons. The van der Waals surface area contributed by atoms with Crippen molar-refractivity contribution in [1.29, 1.82) is 0 Å². The molecule has 0 aliphatic heterocycles. The van der Waals surface area contributed by atoms with Gasteiger partial charge in [0.25, 0.3) is 0 Å². The second kappa shape index (κ2) is 5.30. The van der Waals surface area contributed by atoms with E-state index in [2.05, 4.69) is 20.2 Å². The Morgan fingerprint density at radius 3 is 2.70 bits per heavy atom. The van der Waals surface area contributed by atoms with Crippen LogP contribution in [0.2, 0.25) is 0 Å². The lowest BCUT2D eigenvalue weighted by atomic mass is 10.2. The molecule has 0 saturated heterocycles. The van der Waals surface area contributed by atoms with Crippen LogP contribution in [0.15, 0.2) is 54.1 Å². The van der Waals surface area contributed by atoms with E-state index in [4.69, 9.17) is 0 Å². The zero-order chi connectivity index (χ0) is 13.9. The van der Waals surface area contributed by atoms with Crippen molar-refractivity contribution < 1.29 is 4.21 Å². The van der Waals surface area contributed by atoms with Crippen LogP contribution >= 0.6 is 0 Å². The third-order valence-electron chi connectivity index (χ3n) is 2.69. The van der Waals surface area contributed by atoms with Gasteiger partial charge < -0.3 is 0 Å². The smallest absolute Gasteiger partial charge is 0.226 e. The number of benzene rings is 1. The van der Waals surface area contributed by atoms with E-state index in [1.807, 2.05) is 30.3 Å². The van der Waals surface area contributed by atoms with E-state index >= 15 is 0 Å². The van der Waals surface area contributed by atoms with Gasteiger partial charge in [0.15, 0.2) is 5.82 Å². The lowest BCUT2D eigenvalue weighted by Crippen LogP contribution is -2.05. The summed E-state index contributed by atoms with van der Waals surface area (Å²) in [6.45, 7) is 0. The predicted octanol–water partition coefficient (Wildman–Crippen LogP) is 1.46. The summed E-state index contributed by atoms with van der Waals surface area (Å²) >= 11 is 0. The number of aromatic nitrogens is 5. The topological polar surface area (TPSA) is 73.6 Å². The number of nitrogens with zero attached hydrogens (tertiary/aromatic N) is 5. The lowest BCUT2D eigenvalue weighted by molar-refractivity contribution is 0.675. The Bertz CT molecular complexity index is 756. The average Bonchev–Trinajstić information content (AvgIpc) is 2.98. The first-order valence-electron chi connectivity index (χ1n) is 5.88. The molecule has 2 aromatic heterocycles. The van der Waals surface area contributed by atoms with Crippen molar-refractivity contribution in [2.24, 2.45) is 0 Å². The van der Waals surface area contributed by atoms with Crippen molar-refractivity contribution in [3.63, 3.8) is 0 Å². The number of hydrogen-bond acceptors (Lipinski definition) is 5. The van der Waals surface area contributed by atoms with Crippen molar-refractivity contribution in [2.45, 2.75) is 5.16 Å². The highest BCUT2D eigenvalue weighted by molar-refractivity contribution is 7.84. The SMILES string of the molecule is C[S@](=O)c1nncn1-c1ccnc(-c2ccccc2)n1. The largest absolute Gasteiger partial charge is 0.258 e. The Morgan fingerprint density at radius 1 is 1.15 bits per heavy atom. The third kappa shape index (κ3) is 2.35. The van der Waals surface area contributed by atoms with Crippen LogP contribution in [-0.2, 0) is 10.8 Å². The standard InChI is InChI=1S/C13H11N5OS/c1-20(19)13-17-15-9-18(13)11-7-8-14-12(16-11)10-5-3-2-4-6-10/h2-9H,1H3/t20-/m0/s1. The normalized spacial score (nSPS) is 12.2. The maximum atomic E-state index is 11.6. The minimum absolute atomic E-state index is 0.364. The molecule has 0 spiro atoms. The van der Waals surface area contributed by atoms with Crippen molar-refractivity contribution >= 4 is 10.8 Å². The molecule has 100 valence electrons. The van der Waals surface area contributed by atoms with Crippen molar-refractivity contribution in [3.05, 3.63) is 48.9 Å². The molecule has 0 unspecified atom stereocenters. The maximum Gasteiger partial charge on any atom is 0.226 e. The summed E-state index contributed by atoms with van der Waals surface area (Å²) in [7, 11) is -1.23. The van der Waals surface area contributed by atoms with Crippen LogP contribution in [0, 0.1) is 0 Å². The molecule has 0 saturated carbocycles. The van der Waals surface area contributed by atoms with E-state index in [0.717, 1.165) is 5.56 Å². The van der Waals surface area contributed by atoms with Gasteiger partial charge in [-0.1, -0.05) is 30.3 Å². The van der Waals surface area contributed by atoms with Crippen LogP contribution in [0.1, 0.15) is 0 Å². The van der Waals surface area contributed by atoms with Gasteiger partial charge in [-0.05, 0) is 6.07 Å². The molecule has 7 heteroatoms. The quantitative estimate of drug-likeness (QED) is 0.728. The molecule has 1 aromatic carbocycles. The maximum absolute atomic E-state index is 11.6. The van der Waals surface area contributed by atoms with Gasteiger partial charge in [-0.15, -0.1) is 10.2 Å². The first-order chi connectivity index (χ1) is 9.75. The van der Waals surface area contributed by atoms with E-state index in [-0.39, 0.29) is 0 Å². The van der Waals surface area contributed by atoms with Crippen molar-refractivity contribution in [3.8, 4) is 17.2 Å². The van der Waals surface area contributed by atoms with E-state index in [1.54, 1.807) is 23.1 Å². The molecular formula is C13H11N5OS. The monoisotopic (exact) mass is 285 g/mol. The van der Waals surface area contributed by atoms with Crippen molar-refractivity contribution in [1.82, 2.24) is 24.7 Å². The molecule has 20 heavy (non-hydrogen) atoms. The van der Waals surface area contributed by atoms with Crippen LogP contribution in [0.25, 0.3) is 17.2 Å². The second-order valence-electron chi connectivity index (χ2n) is 4.04. The first kappa shape index (κ1) is 12.6. The summed E-state index contributed by atoms with van der Waals surface area (Å²) < 4.78 is 13.2. The summed E-state index contributed by atoms with van der Waals surface area (Å²) in [6.07, 6.45) is 4.71. The molecule has 0 fully saturated rings. The van der Waals surface area contributed by atoms with Crippen LogP contribution < -0.4 is 0 Å². The summed E-state index contributed by atoms with van der Waals surface area (Å²) in [6, 6.07) is 11.4. The van der Waals surface area contributed by atoms with E-state index in [1.165, 1.54) is 6.33 Å². The summed E-state index contributed by atoms with van der Waals surface area (Å²) in [4.78, 5) is 8.72. The zero-order valence-electron chi connectivity index (χ0n) is 10.7. The Hall–Kier alpha value is -2.41. The fraction of sp³-hybridized carbons (Fsp3) is 0.0769. The number of rotatable bonds is 3. The molecule has 0 amide bonds. The first-order valence-corrected chi connectivity index (χ1v) is 7.44. The Kier molecular flexibility index (Phi) is 3.34. The van der Waals surface area contributed by atoms with E-state index in [9.17, 15) is 4.21 Å². The van der Waals surface area contributed by atoms with Crippen LogP contribution in [0.4, 0.5) is 0 Å². The van der Waals surface area contributed by atoms with Gasteiger partial charge in [0.1, 0.15) is 12.1 Å². The summed E-state index contributed by atoms with van der Waals surface area (Å²) in [5.74, 6) is 1.19. The predicted molar refractivity (Wildman–Crippen MR) is 74.7 cm³/mol. The van der Waals surface area contributed by atoms with Gasteiger partial charge >= 0.3 is 0 Å². The van der Waals surface area contributed by atoms with Gasteiger partial charge in [0, 0.05) is 18.0 Å². The van der Waals surface area contributed by atoms with Gasteiger partial charge in [-0.3, -0.25) is 8.78 Å². The highest BCUT2D eigenvalue weighted by Crippen LogP contribution is 2.16. The van der Waals surface area contributed by atoms with Gasteiger partial charge in [0.05, 0.1) is 10.8 Å². The molecule has 6 nitrogen and oxygen atoms in total. The molecule has 3 rings (SSSR count). The van der Waals surface area contributed by atoms with E-state index < -0.39 is 10.8 Å². The molecule has 2 heterocycles. The fourth-order valence-electron chi connectivity index (χ4n) is 1.79. The highest BCUT2D eigenvalue weighted by Gasteiger charge is 2.11. The number of hydrogen-bond donors (Lipinski definition) is 0. The Labute approximate surface area is 118 Å². The van der Waals surface area contributed by atoms with Crippen LogP contribution in [-0.4, -0.2) is 35.2 Å². The fourth-order valence-corrected chi connectivity index (χ4v) is 2.37. The van der Waals surface area contributed by atoms with Gasteiger partial charge in [-0.2, -0.15) is 0 Å². The second-order valence-corrected chi connectivity index (χ2v) is 5.32. The van der Waals surface area contributed by atoms with Crippen LogP contribution in [0.3, 0.4) is 0 Å². The minimum Gasteiger partial charge on any atom is -0.258 e. The van der Waals surface area contributed by atoms with Gasteiger partial charge in [0.2, 0.25) is 5.16 Å². The molecule has 1 atom stereocenters. The highest BCUT2D eigenvalue weighted by atomic mass is 32.2. The van der Waals surface area contributed by atoms with Crippen LogP contribution in [0.5, 0.6) is 0 Å².